The quantitative estimate of drug-likeness (QED) is 0.121. The van der Waals surface area contributed by atoms with Gasteiger partial charge in [0.15, 0.2) is 18.1 Å². The summed E-state index contributed by atoms with van der Waals surface area (Å²) < 4.78 is 22.8. The van der Waals surface area contributed by atoms with E-state index in [4.69, 9.17) is 18.9 Å². The summed E-state index contributed by atoms with van der Waals surface area (Å²) in [5.74, 6) is -0.859. The van der Waals surface area contributed by atoms with E-state index in [0.29, 0.717) is 73.1 Å². The summed E-state index contributed by atoms with van der Waals surface area (Å²) in [5, 5.41) is 6.37. The van der Waals surface area contributed by atoms with Crippen molar-refractivity contribution in [3.63, 3.8) is 0 Å². The van der Waals surface area contributed by atoms with Crippen molar-refractivity contribution in [3.05, 3.63) is 21.3 Å². The molecule has 2 rings (SSSR count). The van der Waals surface area contributed by atoms with Gasteiger partial charge in [0.1, 0.15) is 0 Å². The number of amides is 3. The van der Waals surface area contributed by atoms with Crippen LogP contribution in [0.3, 0.4) is 0 Å². The van der Waals surface area contributed by atoms with E-state index in [2.05, 4.69) is 38.4 Å². The molecule has 0 aliphatic carbocycles. The molecule has 12 heteroatoms. The third-order valence-corrected chi connectivity index (χ3v) is 5.48. The van der Waals surface area contributed by atoms with Crippen molar-refractivity contribution in [2.75, 3.05) is 52.7 Å². The molecular formula is C23H33IN4O7. The Bertz CT molecular complexity index is 889. The predicted molar refractivity (Wildman–Crippen MR) is 138 cm³/mol. The lowest BCUT2D eigenvalue weighted by atomic mass is 10.2. The van der Waals surface area contributed by atoms with Crippen LogP contribution in [0.1, 0.15) is 32.8 Å². The van der Waals surface area contributed by atoms with Crippen LogP contribution in [0.15, 0.2) is 17.2 Å². The third kappa shape index (κ3) is 10.4. The third-order valence-electron chi connectivity index (χ3n) is 4.68. The monoisotopic (exact) mass is 604 g/mol. The van der Waals surface area contributed by atoms with E-state index in [1.807, 2.05) is 20.8 Å². The number of benzene rings is 1. The number of hydrazone groups is 1. The number of hydrogen-bond donors (Lipinski definition) is 2. The number of carbonyl (C=O) groups excluding carboxylic acids is 3. The van der Waals surface area contributed by atoms with Crippen LogP contribution >= 0.6 is 22.6 Å². The molecule has 1 fully saturated rings. The summed E-state index contributed by atoms with van der Waals surface area (Å²) in [5.41, 5.74) is 2.83. The molecule has 1 aromatic carbocycles. The van der Waals surface area contributed by atoms with Crippen LogP contribution in [-0.2, 0) is 23.9 Å². The Hall–Kier alpha value is -2.45. The van der Waals surface area contributed by atoms with Crippen LogP contribution in [0.4, 0.5) is 0 Å². The Morgan fingerprint density at radius 1 is 1.20 bits per heavy atom. The Labute approximate surface area is 219 Å². The molecule has 0 bridgehead atoms. The number of ether oxygens (including phenoxy) is 4. The first-order valence-corrected chi connectivity index (χ1v) is 12.6. The van der Waals surface area contributed by atoms with Gasteiger partial charge < -0.3 is 29.2 Å². The van der Waals surface area contributed by atoms with Gasteiger partial charge in [0.2, 0.25) is 0 Å². The number of halogens is 1. The van der Waals surface area contributed by atoms with Crippen molar-refractivity contribution in [3.8, 4) is 11.5 Å². The molecular weight excluding hydrogens is 571 g/mol. The number of rotatable bonds is 12. The summed E-state index contributed by atoms with van der Waals surface area (Å²) in [6.45, 7) is 8.93. The molecule has 0 saturated carbocycles. The van der Waals surface area contributed by atoms with Crippen molar-refractivity contribution in [2.24, 2.45) is 5.10 Å². The second-order valence-electron chi connectivity index (χ2n) is 7.77. The first-order valence-electron chi connectivity index (χ1n) is 11.5. The van der Waals surface area contributed by atoms with Gasteiger partial charge >= 0.3 is 11.8 Å². The smallest absolute Gasteiger partial charge is 0.329 e. The van der Waals surface area contributed by atoms with Gasteiger partial charge in [-0.25, -0.2) is 5.43 Å². The van der Waals surface area contributed by atoms with Gasteiger partial charge in [-0.2, -0.15) is 5.10 Å². The molecule has 0 aromatic heterocycles. The van der Waals surface area contributed by atoms with Gasteiger partial charge in [0, 0.05) is 26.2 Å². The number of nitrogens with zero attached hydrogens (tertiary/aromatic N) is 2. The fraction of sp³-hybridized carbons (Fsp3) is 0.565. The summed E-state index contributed by atoms with van der Waals surface area (Å²) in [6.07, 6.45) is 2.12. The molecule has 0 spiro atoms. The maximum atomic E-state index is 12.4. The zero-order chi connectivity index (χ0) is 25.6. The maximum absolute atomic E-state index is 12.4. The lowest BCUT2D eigenvalue weighted by molar-refractivity contribution is -0.139. The molecule has 194 valence electrons. The highest BCUT2D eigenvalue weighted by Gasteiger charge is 2.19. The molecule has 1 aliphatic rings. The lowest BCUT2D eigenvalue weighted by Crippen LogP contribution is -2.43. The number of hydrogen-bond acceptors (Lipinski definition) is 8. The van der Waals surface area contributed by atoms with E-state index in [-0.39, 0.29) is 18.6 Å². The fourth-order valence-electron chi connectivity index (χ4n) is 2.99. The van der Waals surface area contributed by atoms with E-state index in [0.717, 1.165) is 0 Å². The van der Waals surface area contributed by atoms with Crippen molar-refractivity contribution >= 4 is 46.5 Å². The summed E-state index contributed by atoms with van der Waals surface area (Å²) in [7, 11) is 0. The highest BCUT2D eigenvalue weighted by Crippen LogP contribution is 2.34. The highest BCUT2D eigenvalue weighted by molar-refractivity contribution is 14.1. The normalized spacial score (nSPS) is 13.7. The summed E-state index contributed by atoms with van der Waals surface area (Å²) >= 11 is 2.08. The second kappa shape index (κ2) is 15.5. The zero-order valence-corrected chi connectivity index (χ0v) is 22.5. The van der Waals surface area contributed by atoms with Gasteiger partial charge in [-0.1, -0.05) is 0 Å². The van der Waals surface area contributed by atoms with Crippen LogP contribution < -0.4 is 20.2 Å². The first-order chi connectivity index (χ1) is 16.8. The molecule has 1 saturated heterocycles. The van der Waals surface area contributed by atoms with Crippen molar-refractivity contribution in [1.29, 1.82) is 0 Å². The molecule has 11 nitrogen and oxygen atoms in total. The van der Waals surface area contributed by atoms with Gasteiger partial charge in [-0.15, -0.1) is 0 Å². The zero-order valence-electron chi connectivity index (χ0n) is 20.3. The van der Waals surface area contributed by atoms with Crippen LogP contribution in [-0.4, -0.2) is 87.6 Å². The topological polar surface area (TPSA) is 128 Å². The Balaban J connectivity index is 1.90. The second-order valence-corrected chi connectivity index (χ2v) is 8.94. The largest absolute Gasteiger partial charge is 0.490 e. The minimum Gasteiger partial charge on any atom is -0.490 e. The molecule has 3 amide bonds. The summed E-state index contributed by atoms with van der Waals surface area (Å²) in [6, 6.07) is 3.45. The average molecular weight is 604 g/mol. The minimum atomic E-state index is -0.868. The lowest BCUT2D eigenvalue weighted by Gasteiger charge is -2.27. The minimum absolute atomic E-state index is 0.113. The van der Waals surface area contributed by atoms with Crippen LogP contribution in [0, 0.1) is 3.57 Å². The van der Waals surface area contributed by atoms with E-state index in [1.54, 1.807) is 17.0 Å². The van der Waals surface area contributed by atoms with Gasteiger partial charge in [0.05, 0.1) is 35.7 Å². The number of nitrogens with one attached hydrogen (secondary N) is 2. The molecule has 0 atom stereocenters. The fourth-order valence-corrected chi connectivity index (χ4v) is 3.77. The SMILES string of the molecule is CCOc1cc(/C=N\NC(=O)C(=O)NCCCOC(C)C)cc(I)c1OCC(=O)N1CCOCC1. The molecule has 0 unspecified atom stereocenters. The van der Waals surface area contributed by atoms with E-state index in [1.165, 1.54) is 6.21 Å². The molecule has 35 heavy (non-hydrogen) atoms. The van der Waals surface area contributed by atoms with Crippen molar-refractivity contribution in [2.45, 2.75) is 33.3 Å². The van der Waals surface area contributed by atoms with Crippen LogP contribution in [0.2, 0.25) is 0 Å². The Morgan fingerprint density at radius 2 is 1.94 bits per heavy atom. The summed E-state index contributed by atoms with van der Waals surface area (Å²) in [4.78, 5) is 37.9. The first kappa shape index (κ1) is 28.8. The van der Waals surface area contributed by atoms with Gasteiger partial charge in [-0.3, -0.25) is 14.4 Å². The van der Waals surface area contributed by atoms with E-state index >= 15 is 0 Å². The van der Waals surface area contributed by atoms with Crippen LogP contribution in [0.5, 0.6) is 11.5 Å². The van der Waals surface area contributed by atoms with E-state index < -0.39 is 11.8 Å². The number of morpholine rings is 1. The standard InChI is InChI=1S/C23H33IN4O7/c1-4-33-19-13-17(14-26-27-23(31)22(30)25-6-5-9-34-16(2)3)12-18(24)21(19)35-15-20(29)28-7-10-32-11-8-28/h12-14,16H,4-11,15H2,1-3H3,(H,25,30)(H,27,31)/b26-14-. The van der Waals surface area contributed by atoms with Gasteiger partial charge in [-0.05, 0) is 67.5 Å². The van der Waals surface area contributed by atoms with Gasteiger partial charge in [0.25, 0.3) is 5.91 Å². The molecule has 2 N–H and O–H groups in total. The van der Waals surface area contributed by atoms with E-state index in [9.17, 15) is 14.4 Å². The maximum Gasteiger partial charge on any atom is 0.329 e. The van der Waals surface area contributed by atoms with Crippen LogP contribution in [0.25, 0.3) is 0 Å². The van der Waals surface area contributed by atoms with Crippen molar-refractivity contribution < 1.29 is 33.3 Å². The Morgan fingerprint density at radius 3 is 2.63 bits per heavy atom. The molecule has 0 radical (unpaired) electrons. The van der Waals surface area contributed by atoms with Crippen molar-refractivity contribution in [1.82, 2.24) is 15.6 Å². The highest BCUT2D eigenvalue weighted by atomic mass is 127. The predicted octanol–water partition coefficient (Wildman–Crippen LogP) is 1.31. The average Bonchev–Trinajstić information content (AvgIpc) is 2.83. The molecule has 1 heterocycles. The number of carbonyl (C=O) groups is 3. The Kier molecular flexibility index (Phi) is 12.8. The molecule has 1 aliphatic heterocycles. The molecule has 1 aromatic rings.